The van der Waals surface area contributed by atoms with Gasteiger partial charge in [-0.2, -0.15) is 0 Å². The quantitative estimate of drug-likeness (QED) is 0.672. The number of carbonyl (C=O) groups is 1. The Kier molecular flexibility index (Phi) is 7.42. The zero-order valence-electron chi connectivity index (χ0n) is 18.4. The van der Waals surface area contributed by atoms with Crippen LogP contribution in [0.2, 0.25) is 5.02 Å². The standard InChI is InChI=1S/C23H30ClN3O3S/c1-15-6-5-7-20(24)22(15)23(28)25-21-9-8-19(14-16(21)2)31(29,30)26-17(3)18-10-12-27(4)13-11-18/h5-9,14,17-18,26H,10-13H2,1-4H3,(H,25,28). The average Bonchev–Trinajstić information content (AvgIpc) is 2.69. The number of amides is 1. The summed E-state index contributed by atoms with van der Waals surface area (Å²) in [5.41, 5.74) is 2.39. The maximum absolute atomic E-state index is 12.9. The van der Waals surface area contributed by atoms with E-state index in [1.165, 1.54) is 6.07 Å². The molecule has 168 valence electrons. The van der Waals surface area contributed by atoms with Gasteiger partial charge in [-0.1, -0.05) is 23.7 Å². The van der Waals surface area contributed by atoms with Crippen molar-refractivity contribution < 1.29 is 13.2 Å². The first-order valence-electron chi connectivity index (χ1n) is 10.5. The van der Waals surface area contributed by atoms with Gasteiger partial charge in [0.1, 0.15) is 0 Å². The van der Waals surface area contributed by atoms with Crippen LogP contribution >= 0.6 is 11.6 Å². The van der Waals surface area contributed by atoms with Gasteiger partial charge in [-0.3, -0.25) is 4.79 Å². The number of sulfonamides is 1. The molecule has 6 nitrogen and oxygen atoms in total. The van der Waals surface area contributed by atoms with Crippen LogP contribution in [0.25, 0.3) is 0 Å². The molecule has 1 heterocycles. The molecule has 2 aromatic carbocycles. The van der Waals surface area contributed by atoms with Crippen molar-refractivity contribution in [3.8, 4) is 0 Å². The summed E-state index contributed by atoms with van der Waals surface area (Å²) in [6.07, 6.45) is 1.96. The Labute approximate surface area is 190 Å². The third kappa shape index (κ3) is 5.66. The molecule has 1 aliphatic heterocycles. The number of halogens is 1. The molecule has 0 bridgehead atoms. The number of hydrogen-bond acceptors (Lipinski definition) is 4. The highest BCUT2D eigenvalue weighted by Crippen LogP contribution is 2.25. The molecule has 1 amide bonds. The highest BCUT2D eigenvalue weighted by Gasteiger charge is 2.27. The maximum Gasteiger partial charge on any atom is 0.257 e. The van der Waals surface area contributed by atoms with Crippen molar-refractivity contribution in [1.82, 2.24) is 9.62 Å². The van der Waals surface area contributed by atoms with Crippen molar-refractivity contribution in [2.75, 3.05) is 25.5 Å². The first kappa shape index (κ1) is 23.7. The Balaban J connectivity index is 1.73. The second-order valence-electron chi connectivity index (χ2n) is 8.41. The van der Waals surface area contributed by atoms with Gasteiger partial charge >= 0.3 is 0 Å². The summed E-state index contributed by atoms with van der Waals surface area (Å²) in [7, 11) is -1.57. The molecule has 0 spiro atoms. The van der Waals surface area contributed by atoms with Crippen molar-refractivity contribution in [2.24, 2.45) is 5.92 Å². The van der Waals surface area contributed by atoms with Crippen LogP contribution in [0, 0.1) is 19.8 Å². The van der Waals surface area contributed by atoms with Crippen LogP contribution in [-0.4, -0.2) is 45.4 Å². The van der Waals surface area contributed by atoms with Crippen molar-refractivity contribution in [1.29, 1.82) is 0 Å². The average molecular weight is 464 g/mol. The van der Waals surface area contributed by atoms with Gasteiger partial charge in [0.2, 0.25) is 10.0 Å². The Morgan fingerprint density at radius 2 is 1.81 bits per heavy atom. The van der Waals surface area contributed by atoms with E-state index >= 15 is 0 Å². The number of anilines is 1. The van der Waals surface area contributed by atoms with Gasteiger partial charge in [0, 0.05) is 11.7 Å². The predicted octanol–water partition coefficient (Wildman–Crippen LogP) is 4.22. The minimum absolute atomic E-state index is 0.137. The number of likely N-dealkylation sites (tertiary alicyclic amines) is 1. The minimum atomic E-state index is -3.65. The Morgan fingerprint density at radius 1 is 1.13 bits per heavy atom. The number of rotatable bonds is 6. The van der Waals surface area contributed by atoms with Crippen LogP contribution in [-0.2, 0) is 10.0 Å². The number of carbonyl (C=O) groups excluding carboxylic acids is 1. The van der Waals surface area contributed by atoms with E-state index < -0.39 is 10.0 Å². The molecule has 1 aliphatic rings. The molecule has 0 aromatic heterocycles. The van der Waals surface area contributed by atoms with Gasteiger partial charge in [-0.15, -0.1) is 0 Å². The number of hydrogen-bond donors (Lipinski definition) is 2. The van der Waals surface area contributed by atoms with Gasteiger partial charge in [-0.25, -0.2) is 13.1 Å². The van der Waals surface area contributed by atoms with Gasteiger partial charge < -0.3 is 10.2 Å². The topological polar surface area (TPSA) is 78.5 Å². The minimum Gasteiger partial charge on any atom is -0.322 e. The first-order chi connectivity index (χ1) is 14.6. The molecule has 1 unspecified atom stereocenters. The zero-order chi connectivity index (χ0) is 22.8. The lowest BCUT2D eigenvalue weighted by Crippen LogP contribution is -2.42. The van der Waals surface area contributed by atoms with E-state index in [4.69, 9.17) is 11.6 Å². The highest BCUT2D eigenvalue weighted by atomic mass is 35.5. The van der Waals surface area contributed by atoms with Crippen LogP contribution in [0.4, 0.5) is 5.69 Å². The van der Waals surface area contributed by atoms with Gasteiger partial charge in [0.15, 0.2) is 0 Å². The van der Waals surface area contributed by atoms with Crippen molar-refractivity contribution in [2.45, 2.75) is 44.6 Å². The summed E-state index contributed by atoms with van der Waals surface area (Å²) in [5.74, 6) is 0.000291. The van der Waals surface area contributed by atoms with E-state index in [-0.39, 0.29) is 16.8 Å². The second kappa shape index (κ2) is 9.69. The lowest BCUT2D eigenvalue weighted by Gasteiger charge is -2.32. The van der Waals surface area contributed by atoms with Crippen molar-refractivity contribution in [3.05, 3.63) is 58.1 Å². The predicted molar refractivity (Wildman–Crippen MR) is 125 cm³/mol. The largest absolute Gasteiger partial charge is 0.322 e. The molecule has 1 fully saturated rings. The molecule has 0 aliphatic carbocycles. The first-order valence-corrected chi connectivity index (χ1v) is 12.3. The number of piperidine rings is 1. The summed E-state index contributed by atoms with van der Waals surface area (Å²) in [6.45, 7) is 7.49. The molecular weight excluding hydrogens is 434 g/mol. The van der Waals surface area contributed by atoms with Crippen molar-refractivity contribution in [3.63, 3.8) is 0 Å². The Hall–Kier alpha value is -1.93. The SMILES string of the molecule is Cc1cc(S(=O)(=O)NC(C)C2CCN(C)CC2)ccc1NC(=O)c1c(C)cccc1Cl. The zero-order valence-corrected chi connectivity index (χ0v) is 20.0. The summed E-state index contributed by atoms with van der Waals surface area (Å²) in [4.78, 5) is 15.2. The van der Waals surface area contributed by atoms with E-state index in [1.54, 1.807) is 31.2 Å². The Morgan fingerprint density at radius 3 is 2.42 bits per heavy atom. The van der Waals surface area contributed by atoms with E-state index in [9.17, 15) is 13.2 Å². The van der Waals surface area contributed by atoms with E-state index in [0.29, 0.717) is 27.8 Å². The highest BCUT2D eigenvalue weighted by molar-refractivity contribution is 7.89. The van der Waals surface area contributed by atoms with Crippen LogP contribution in [0.3, 0.4) is 0 Å². The summed E-state index contributed by atoms with van der Waals surface area (Å²) in [5, 5.41) is 3.22. The number of nitrogens with zero attached hydrogens (tertiary/aromatic N) is 1. The summed E-state index contributed by atoms with van der Waals surface area (Å²) >= 11 is 6.18. The molecule has 2 aromatic rings. The molecule has 3 rings (SSSR count). The number of nitrogens with one attached hydrogen (secondary N) is 2. The molecular formula is C23H30ClN3O3S. The van der Waals surface area contributed by atoms with Gasteiger partial charge in [0.05, 0.1) is 15.5 Å². The fourth-order valence-electron chi connectivity index (χ4n) is 3.99. The molecule has 0 radical (unpaired) electrons. The molecule has 2 N–H and O–H groups in total. The normalized spacial score (nSPS) is 16.8. The second-order valence-corrected chi connectivity index (χ2v) is 10.5. The maximum atomic E-state index is 12.9. The van der Waals surface area contributed by atoms with Crippen LogP contribution in [0.15, 0.2) is 41.3 Å². The smallest absolute Gasteiger partial charge is 0.257 e. The summed E-state index contributed by atoms with van der Waals surface area (Å²) in [6, 6.07) is 9.86. The number of aryl methyl sites for hydroxylation is 2. The fraction of sp³-hybridized carbons (Fsp3) is 0.435. The van der Waals surface area contributed by atoms with Crippen molar-refractivity contribution >= 4 is 33.2 Å². The molecule has 0 saturated carbocycles. The van der Waals surface area contributed by atoms with Crippen LogP contribution < -0.4 is 10.0 Å². The van der Waals surface area contributed by atoms with E-state index in [2.05, 4.69) is 22.0 Å². The van der Waals surface area contributed by atoms with Gasteiger partial charge in [-0.05, 0) is 95.1 Å². The fourth-order valence-corrected chi connectivity index (χ4v) is 5.69. The Bertz CT molecular complexity index is 1040. The molecule has 8 heteroatoms. The molecule has 31 heavy (non-hydrogen) atoms. The van der Waals surface area contributed by atoms with Crippen LogP contribution in [0.5, 0.6) is 0 Å². The summed E-state index contributed by atoms with van der Waals surface area (Å²) < 4.78 is 28.7. The third-order valence-corrected chi connectivity index (χ3v) is 7.89. The van der Waals surface area contributed by atoms with E-state index in [0.717, 1.165) is 31.5 Å². The molecule has 1 saturated heterocycles. The lowest BCUT2D eigenvalue weighted by molar-refractivity contribution is 0.102. The van der Waals surface area contributed by atoms with Crippen LogP contribution in [0.1, 0.15) is 41.3 Å². The van der Waals surface area contributed by atoms with Gasteiger partial charge in [0.25, 0.3) is 5.91 Å². The van der Waals surface area contributed by atoms with E-state index in [1.807, 2.05) is 19.9 Å². The lowest BCUT2D eigenvalue weighted by atomic mass is 9.91. The monoisotopic (exact) mass is 463 g/mol. The molecule has 1 atom stereocenters. The third-order valence-electron chi connectivity index (χ3n) is 6.02. The number of benzene rings is 2.